The predicted molar refractivity (Wildman–Crippen MR) is 122 cm³/mol. The third-order valence-electron chi connectivity index (χ3n) is 5.53. The molecular weight excluding hydrogens is 376 g/mol. The Hall–Kier alpha value is -2.40. The second-order valence-electron chi connectivity index (χ2n) is 7.45. The first-order valence-corrected chi connectivity index (χ1v) is 10.6. The lowest BCUT2D eigenvalue weighted by Crippen LogP contribution is -2.22. The van der Waals surface area contributed by atoms with Gasteiger partial charge in [0, 0.05) is 0 Å². The summed E-state index contributed by atoms with van der Waals surface area (Å²) in [6, 6.07) is 13.6. The van der Waals surface area contributed by atoms with Crippen molar-refractivity contribution in [2.75, 3.05) is 0 Å². The van der Waals surface area contributed by atoms with Crippen molar-refractivity contribution in [1.82, 2.24) is 0 Å². The summed E-state index contributed by atoms with van der Waals surface area (Å²) >= 11 is 0. The minimum atomic E-state index is -0.751. The van der Waals surface area contributed by atoms with Crippen molar-refractivity contribution in [3.8, 4) is 5.75 Å². The van der Waals surface area contributed by atoms with E-state index in [1.807, 2.05) is 62.4 Å². The summed E-state index contributed by atoms with van der Waals surface area (Å²) in [6.45, 7) is 6.27. The molecule has 0 bridgehead atoms. The lowest BCUT2D eigenvalue weighted by Gasteiger charge is -2.20. The third-order valence-corrected chi connectivity index (χ3v) is 5.53. The van der Waals surface area contributed by atoms with Gasteiger partial charge in [0.2, 0.25) is 0 Å². The van der Waals surface area contributed by atoms with Gasteiger partial charge in [-0.3, -0.25) is 0 Å². The van der Waals surface area contributed by atoms with Crippen molar-refractivity contribution < 1.29 is 20.1 Å². The minimum Gasteiger partial charge on any atom is -0.489 e. The van der Waals surface area contributed by atoms with Crippen molar-refractivity contribution >= 4 is 5.57 Å². The number of hydrogen-bond acceptors (Lipinski definition) is 4. The largest absolute Gasteiger partial charge is 0.489 e. The van der Waals surface area contributed by atoms with Crippen molar-refractivity contribution in [2.24, 2.45) is 0 Å². The monoisotopic (exact) mass is 410 g/mol. The van der Waals surface area contributed by atoms with Crippen molar-refractivity contribution in [3.05, 3.63) is 82.9 Å². The van der Waals surface area contributed by atoms with Crippen LogP contribution >= 0.6 is 0 Å². The lowest BCUT2D eigenvalue weighted by molar-refractivity contribution is 0.0828. The number of aliphatic hydroxyl groups is 3. The van der Waals surface area contributed by atoms with Crippen LogP contribution < -0.4 is 4.74 Å². The number of hydrogen-bond donors (Lipinski definition) is 3. The fourth-order valence-corrected chi connectivity index (χ4v) is 3.27. The Morgan fingerprint density at radius 1 is 0.967 bits per heavy atom. The van der Waals surface area contributed by atoms with Crippen LogP contribution in [0.15, 0.2) is 60.7 Å². The molecular formula is C26H34O4. The van der Waals surface area contributed by atoms with Crippen LogP contribution in [-0.4, -0.2) is 20.9 Å². The number of allylic oxidation sites excluding steroid dienone is 3. The molecule has 2 rings (SSSR count). The van der Waals surface area contributed by atoms with Gasteiger partial charge in [0.05, 0.1) is 18.8 Å². The average Bonchev–Trinajstić information content (AvgIpc) is 2.80. The first-order valence-electron chi connectivity index (χ1n) is 10.6. The smallest absolute Gasteiger partial charge is 0.120 e. The maximum absolute atomic E-state index is 10.4. The zero-order valence-electron chi connectivity index (χ0n) is 18.3. The van der Waals surface area contributed by atoms with Gasteiger partial charge in [-0.2, -0.15) is 0 Å². The molecule has 0 aliphatic carbocycles. The highest BCUT2D eigenvalue weighted by Crippen LogP contribution is 2.24. The van der Waals surface area contributed by atoms with Gasteiger partial charge in [0.15, 0.2) is 0 Å². The number of aliphatic hydroxyl groups excluding tert-OH is 2. The Morgan fingerprint density at radius 2 is 1.70 bits per heavy atom. The van der Waals surface area contributed by atoms with Gasteiger partial charge in [0.25, 0.3) is 0 Å². The summed E-state index contributed by atoms with van der Waals surface area (Å²) in [4.78, 5) is 0. The van der Waals surface area contributed by atoms with Gasteiger partial charge in [-0.1, -0.05) is 63.3 Å². The second-order valence-corrected chi connectivity index (χ2v) is 7.45. The summed E-state index contributed by atoms with van der Waals surface area (Å²) in [6.07, 6.45) is 8.12. The van der Waals surface area contributed by atoms with Gasteiger partial charge in [-0.25, -0.2) is 0 Å². The third kappa shape index (κ3) is 6.56. The van der Waals surface area contributed by atoms with E-state index in [0.717, 1.165) is 34.4 Å². The lowest BCUT2D eigenvalue weighted by atomic mass is 9.96. The summed E-state index contributed by atoms with van der Waals surface area (Å²) in [7, 11) is 0. The van der Waals surface area contributed by atoms with Crippen LogP contribution in [0.4, 0.5) is 0 Å². The van der Waals surface area contributed by atoms with Crippen LogP contribution in [0.2, 0.25) is 0 Å². The van der Waals surface area contributed by atoms with Gasteiger partial charge in [-0.05, 0) is 65.3 Å². The molecule has 0 aliphatic rings. The van der Waals surface area contributed by atoms with E-state index in [0.29, 0.717) is 19.4 Å². The molecule has 0 heterocycles. The summed E-state index contributed by atoms with van der Waals surface area (Å²) in [5.41, 5.74) is 3.89. The number of benzene rings is 2. The molecule has 2 aromatic rings. The van der Waals surface area contributed by atoms with Crippen LogP contribution in [0.25, 0.3) is 5.57 Å². The van der Waals surface area contributed by atoms with Crippen LogP contribution in [0.3, 0.4) is 0 Å². The molecule has 3 N–H and O–H groups in total. The molecule has 0 aromatic heterocycles. The topological polar surface area (TPSA) is 69.9 Å². The van der Waals surface area contributed by atoms with E-state index in [1.54, 1.807) is 0 Å². The van der Waals surface area contributed by atoms with Crippen LogP contribution in [0, 0.1) is 0 Å². The Morgan fingerprint density at radius 3 is 2.33 bits per heavy atom. The predicted octanol–water partition coefficient (Wildman–Crippen LogP) is 5.15. The molecule has 30 heavy (non-hydrogen) atoms. The van der Waals surface area contributed by atoms with Crippen molar-refractivity contribution in [1.29, 1.82) is 0 Å². The summed E-state index contributed by atoms with van der Waals surface area (Å²) in [5.74, 6) is 0.770. The van der Waals surface area contributed by atoms with E-state index < -0.39 is 5.60 Å². The Bertz CT molecular complexity index is 863. The van der Waals surface area contributed by atoms with Crippen LogP contribution in [0.1, 0.15) is 62.3 Å². The van der Waals surface area contributed by atoms with E-state index in [1.165, 1.54) is 5.57 Å². The minimum absolute atomic E-state index is 0.0897. The summed E-state index contributed by atoms with van der Waals surface area (Å²) in [5, 5.41) is 29.2. The molecule has 0 radical (unpaired) electrons. The fraction of sp³-hybridized carbons (Fsp3) is 0.385. The maximum atomic E-state index is 10.4. The van der Waals surface area contributed by atoms with Crippen LogP contribution in [-0.2, 0) is 19.8 Å². The molecule has 162 valence electrons. The van der Waals surface area contributed by atoms with Crippen molar-refractivity contribution in [3.63, 3.8) is 0 Å². The van der Waals surface area contributed by atoms with E-state index in [4.69, 9.17) is 4.74 Å². The molecule has 2 aromatic carbocycles. The normalized spacial score (nSPS) is 12.5. The average molecular weight is 411 g/mol. The Balaban J connectivity index is 2.13. The number of ether oxygens (including phenoxy) is 1. The molecule has 0 saturated heterocycles. The molecule has 0 amide bonds. The van der Waals surface area contributed by atoms with E-state index in [2.05, 4.69) is 19.1 Å². The molecule has 0 saturated carbocycles. The molecule has 0 spiro atoms. The standard InChI is InChI=1S/C26H34O4/c1-4-21(10-8-14-26(29,5-2)6-3)22-9-7-11-25(16-22)30-19-20-12-13-23(17-27)24(15-20)18-28/h7-16,27-29H,4-6,17-19H2,1-3H3/b14-8+,21-10-. The Kier molecular flexibility index (Phi) is 9.31. The van der Waals surface area contributed by atoms with Gasteiger partial charge < -0.3 is 20.1 Å². The molecule has 0 aliphatic heterocycles. The van der Waals surface area contributed by atoms with Gasteiger partial charge in [-0.15, -0.1) is 0 Å². The molecule has 0 fully saturated rings. The highest BCUT2D eigenvalue weighted by atomic mass is 16.5. The van der Waals surface area contributed by atoms with E-state index >= 15 is 0 Å². The zero-order valence-corrected chi connectivity index (χ0v) is 18.3. The van der Waals surface area contributed by atoms with Crippen molar-refractivity contribution in [2.45, 2.75) is 65.5 Å². The van der Waals surface area contributed by atoms with Gasteiger partial charge in [0.1, 0.15) is 12.4 Å². The molecule has 4 nitrogen and oxygen atoms in total. The fourth-order valence-electron chi connectivity index (χ4n) is 3.27. The maximum Gasteiger partial charge on any atom is 0.120 e. The molecule has 0 unspecified atom stereocenters. The zero-order chi connectivity index (χ0) is 22.0. The highest BCUT2D eigenvalue weighted by Gasteiger charge is 2.16. The van der Waals surface area contributed by atoms with Crippen LogP contribution in [0.5, 0.6) is 5.75 Å². The summed E-state index contributed by atoms with van der Waals surface area (Å²) < 4.78 is 5.96. The molecule has 0 atom stereocenters. The molecule has 4 heteroatoms. The number of rotatable bonds is 11. The Labute approximate surface area is 180 Å². The highest BCUT2D eigenvalue weighted by molar-refractivity contribution is 5.68. The first-order chi connectivity index (χ1) is 14.5. The van der Waals surface area contributed by atoms with Gasteiger partial charge >= 0.3 is 0 Å². The van der Waals surface area contributed by atoms with E-state index in [9.17, 15) is 15.3 Å². The van der Waals surface area contributed by atoms with E-state index in [-0.39, 0.29) is 13.2 Å². The SMILES string of the molecule is CC/C(=C/C=C/C(O)(CC)CC)c1cccc(OCc2ccc(CO)c(CO)c2)c1. The first kappa shape index (κ1) is 23.9. The quantitative estimate of drug-likeness (QED) is 0.448. The second kappa shape index (κ2) is 11.7.